The number of fused-ring (bicyclic) bond motifs is 1. The lowest BCUT2D eigenvalue weighted by molar-refractivity contribution is -0.121. The van der Waals surface area contributed by atoms with Crippen molar-refractivity contribution in [3.8, 4) is 0 Å². The maximum Gasteiger partial charge on any atom is 0.162 e. The number of carbonyl (C=O) groups excluding carboxylic acids is 1. The lowest BCUT2D eigenvalue weighted by atomic mass is 9.77. The van der Waals surface area contributed by atoms with Gasteiger partial charge in [0, 0.05) is 25.5 Å². The summed E-state index contributed by atoms with van der Waals surface area (Å²) in [6.07, 6.45) is 4.37. The van der Waals surface area contributed by atoms with Gasteiger partial charge in [0.15, 0.2) is 5.78 Å². The van der Waals surface area contributed by atoms with Crippen molar-refractivity contribution >= 4 is 5.78 Å². The van der Waals surface area contributed by atoms with Crippen LogP contribution in [0.2, 0.25) is 0 Å². The van der Waals surface area contributed by atoms with E-state index in [1.165, 1.54) is 6.08 Å². The first-order chi connectivity index (χ1) is 8.82. The summed E-state index contributed by atoms with van der Waals surface area (Å²) in [5.41, 5.74) is -1.53. The van der Waals surface area contributed by atoms with Crippen LogP contribution in [0.4, 0.5) is 0 Å². The number of methoxy groups -OCH3 is 1. The number of aliphatic hydroxyl groups is 1. The van der Waals surface area contributed by atoms with Gasteiger partial charge in [-0.25, -0.2) is 0 Å². The summed E-state index contributed by atoms with van der Waals surface area (Å²) in [6.45, 7) is 7.50. The molecule has 0 bridgehead atoms. The molecule has 1 fully saturated rings. The van der Waals surface area contributed by atoms with Crippen molar-refractivity contribution in [2.24, 2.45) is 5.92 Å². The quantitative estimate of drug-likeness (QED) is 0.791. The third-order valence-corrected chi connectivity index (χ3v) is 4.26. The zero-order chi connectivity index (χ0) is 14.3. The highest BCUT2D eigenvalue weighted by atomic mass is 16.6. The van der Waals surface area contributed by atoms with Crippen LogP contribution in [-0.4, -0.2) is 35.3 Å². The molecule has 3 atom stereocenters. The third-order valence-electron chi connectivity index (χ3n) is 4.26. The van der Waals surface area contributed by atoms with Crippen LogP contribution in [0.15, 0.2) is 24.5 Å². The Balaban J connectivity index is 2.23. The van der Waals surface area contributed by atoms with Crippen LogP contribution in [0.5, 0.6) is 0 Å². The summed E-state index contributed by atoms with van der Waals surface area (Å²) >= 11 is 0. The minimum absolute atomic E-state index is 0.00967. The van der Waals surface area contributed by atoms with E-state index < -0.39 is 11.2 Å². The first kappa shape index (κ1) is 14.3. The molecule has 0 aromatic heterocycles. The topological polar surface area (TPSA) is 55.8 Å². The number of ether oxygens (including phenoxy) is 2. The Hall–Kier alpha value is -1.13. The smallest absolute Gasteiger partial charge is 0.162 e. The molecule has 0 spiro atoms. The number of hydrogen-bond donors (Lipinski definition) is 1. The highest BCUT2D eigenvalue weighted by molar-refractivity contribution is 5.93. The van der Waals surface area contributed by atoms with Gasteiger partial charge in [0.1, 0.15) is 17.5 Å². The molecule has 1 N–H and O–H groups in total. The molecule has 0 radical (unpaired) electrons. The molecule has 3 unspecified atom stereocenters. The van der Waals surface area contributed by atoms with Crippen LogP contribution in [0, 0.1) is 5.92 Å². The van der Waals surface area contributed by atoms with Gasteiger partial charge in [-0.05, 0) is 26.7 Å². The molecule has 0 aromatic carbocycles. The van der Waals surface area contributed by atoms with Crippen LogP contribution in [0.1, 0.15) is 33.1 Å². The van der Waals surface area contributed by atoms with Crippen molar-refractivity contribution in [1.29, 1.82) is 0 Å². The molecule has 4 nitrogen and oxygen atoms in total. The van der Waals surface area contributed by atoms with Crippen LogP contribution in [-0.2, 0) is 14.3 Å². The van der Waals surface area contributed by atoms with E-state index in [-0.39, 0.29) is 17.8 Å². The van der Waals surface area contributed by atoms with Crippen molar-refractivity contribution in [2.45, 2.75) is 50.4 Å². The van der Waals surface area contributed by atoms with Crippen molar-refractivity contribution in [1.82, 2.24) is 0 Å². The summed E-state index contributed by atoms with van der Waals surface area (Å²) in [4.78, 5) is 11.9. The average Bonchev–Trinajstić information content (AvgIpc) is 2.68. The van der Waals surface area contributed by atoms with Gasteiger partial charge < -0.3 is 14.6 Å². The summed E-state index contributed by atoms with van der Waals surface area (Å²) in [7, 11) is 1.62. The molecule has 2 rings (SSSR count). The molecule has 0 amide bonds. The fourth-order valence-electron chi connectivity index (χ4n) is 2.74. The Bertz CT molecular complexity index is 424. The van der Waals surface area contributed by atoms with E-state index in [2.05, 4.69) is 6.58 Å². The lowest BCUT2D eigenvalue weighted by Crippen LogP contribution is -2.40. The van der Waals surface area contributed by atoms with Crippen LogP contribution in [0.25, 0.3) is 0 Å². The minimum atomic E-state index is -1.04. The number of carbonyl (C=O) groups is 1. The van der Waals surface area contributed by atoms with Crippen molar-refractivity contribution < 1.29 is 19.4 Å². The standard InChI is InChI=1S/C15H22O4/c1-5-6-10-8-15(17)9-13(14(2,3)18-4)19-12(15)7-11(10)16/h5,7,10,13,17H,1,6,8-9H2,2-4H3. The second-order valence-electron chi connectivity index (χ2n) is 5.99. The van der Waals surface area contributed by atoms with Gasteiger partial charge in [0.2, 0.25) is 0 Å². The molecule has 4 heteroatoms. The van der Waals surface area contributed by atoms with Gasteiger partial charge >= 0.3 is 0 Å². The SMILES string of the molecule is C=CCC1CC2(O)CC(C(C)(C)OC)OC2=CC1=O. The Morgan fingerprint density at radius 3 is 2.89 bits per heavy atom. The Labute approximate surface area is 114 Å². The largest absolute Gasteiger partial charge is 0.488 e. The van der Waals surface area contributed by atoms with Crippen molar-refractivity contribution in [2.75, 3.05) is 7.11 Å². The zero-order valence-corrected chi connectivity index (χ0v) is 11.8. The van der Waals surface area contributed by atoms with E-state index in [9.17, 15) is 9.90 Å². The molecule has 19 heavy (non-hydrogen) atoms. The van der Waals surface area contributed by atoms with Gasteiger partial charge in [-0.2, -0.15) is 0 Å². The highest BCUT2D eigenvalue weighted by Gasteiger charge is 2.52. The third kappa shape index (κ3) is 2.47. The van der Waals surface area contributed by atoms with E-state index in [0.717, 1.165) is 0 Å². The maximum atomic E-state index is 11.9. The van der Waals surface area contributed by atoms with E-state index in [0.29, 0.717) is 25.0 Å². The monoisotopic (exact) mass is 266 g/mol. The second-order valence-corrected chi connectivity index (χ2v) is 5.99. The summed E-state index contributed by atoms with van der Waals surface area (Å²) in [5, 5.41) is 10.7. The molecule has 1 saturated heterocycles. The molecular formula is C15H22O4. The highest BCUT2D eigenvalue weighted by Crippen LogP contribution is 2.45. The molecule has 1 heterocycles. The fraction of sp³-hybridized carbons (Fsp3) is 0.667. The van der Waals surface area contributed by atoms with Crippen LogP contribution >= 0.6 is 0 Å². The van der Waals surface area contributed by atoms with E-state index in [4.69, 9.17) is 9.47 Å². The van der Waals surface area contributed by atoms with Crippen LogP contribution < -0.4 is 0 Å². The van der Waals surface area contributed by atoms with E-state index >= 15 is 0 Å². The average molecular weight is 266 g/mol. The van der Waals surface area contributed by atoms with Gasteiger partial charge in [0.05, 0.1) is 5.60 Å². The number of allylic oxidation sites excluding steroid dienone is 2. The first-order valence-electron chi connectivity index (χ1n) is 6.63. The predicted octanol–water partition coefficient (Wildman–Crippen LogP) is 1.98. The van der Waals surface area contributed by atoms with Crippen molar-refractivity contribution in [3.05, 3.63) is 24.5 Å². The fourth-order valence-corrected chi connectivity index (χ4v) is 2.74. The Kier molecular flexibility index (Phi) is 3.58. The molecule has 106 valence electrons. The summed E-state index contributed by atoms with van der Waals surface area (Å²) in [6, 6.07) is 0. The molecule has 0 saturated carbocycles. The zero-order valence-electron chi connectivity index (χ0n) is 11.8. The molecule has 1 aliphatic carbocycles. The summed E-state index contributed by atoms with van der Waals surface area (Å²) < 4.78 is 11.2. The predicted molar refractivity (Wildman–Crippen MR) is 71.5 cm³/mol. The molecule has 1 aliphatic heterocycles. The first-order valence-corrected chi connectivity index (χ1v) is 6.63. The van der Waals surface area contributed by atoms with Gasteiger partial charge in [-0.15, -0.1) is 6.58 Å². The van der Waals surface area contributed by atoms with Gasteiger partial charge in [0.25, 0.3) is 0 Å². The normalized spacial score (nSPS) is 34.5. The second kappa shape index (κ2) is 4.76. The lowest BCUT2D eigenvalue weighted by Gasteiger charge is -2.30. The van der Waals surface area contributed by atoms with Crippen LogP contribution in [0.3, 0.4) is 0 Å². The maximum absolute atomic E-state index is 11.9. The van der Waals surface area contributed by atoms with Gasteiger partial charge in [-0.3, -0.25) is 4.79 Å². The number of rotatable bonds is 4. The molecular weight excluding hydrogens is 244 g/mol. The molecule has 2 aliphatic rings. The molecule has 0 aromatic rings. The van der Waals surface area contributed by atoms with E-state index in [1.807, 2.05) is 13.8 Å². The Morgan fingerprint density at radius 2 is 2.32 bits per heavy atom. The minimum Gasteiger partial charge on any atom is -0.488 e. The summed E-state index contributed by atoms with van der Waals surface area (Å²) in [5.74, 6) is 0.211. The Morgan fingerprint density at radius 1 is 1.63 bits per heavy atom. The van der Waals surface area contributed by atoms with Crippen molar-refractivity contribution in [3.63, 3.8) is 0 Å². The number of hydrogen-bond acceptors (Lipinski definition) is 4. The number of ketones is 1. The van der Waals surface area contributed by atoms with E-state index in [1.54, 1.807) is 13.2 Å². The van der Waals surface area contributed by atoms with Gasteiger partial charge in [-0.1, -0.05) is 6.08 Å².